The summed E-state index contributed by atoms with van der Waals surface area (Å²) >= 11 is 0. The number of fused-ring (bicyclic) bond motifs is 1. The van der Waals surface area contributed by atoms with Gasteiger partial charge in [-0.25, -0.2) is 4.79 Å². The Kier molecular flexibility index (Phi) is 6.33. The Labute approximate surface area is 204 Å². The zero-order chi connectivity index (χ0) is 24.4. The third kappa shape index (κ3) is 4.81. The van der Waals surface area contributed by atoms with Gasteiger partial charge in [0.05, 0.1) is 28.7 Å². The van der Waals surface area contributed by atoms with Gasteiger partial charge in [-0.2, -0.15) is 5.10 Å². The standard InChI is InChI=1S/C28H28N4O3/c1-18-14-19(2)30-22(15-18)11-9-20-6-5-13-35-27(20)32(26-8-4-3-7-24(26)28(33)34)23-12-10-21-17-29-31-25(21)16-23/h3-4,7-12,14-17,20,27H,5-6,13H2,1-2H3,(H,29,31)(H,33,34). The summed E-state index contributed by atoms with van der Waals surface area (Å²) in [6.07, 6.45) is 7.44. The van der Waals surface area contributed by atoms with Gasteiger partial charge in [-0.1, -0.05) is 18.2 Å². The maximum absolute atomic E-state index is 12.2. The number of anilines is 2. The van der Waals surface area contributed by atoms with Crippen molar-refractivity contribution in [2.24, 2.45) is 5.92 Å². The number of pyridine rings is 1. The highest BCUT2D eigenvalue weighted by Crippen LogP contribution is 2.38. The molecule has 1 saturated heterocycles. The predicted octanol–water partition coefficient (Wildman–Crippen LogP) is 5.88. The first kappa shape index (κ1) is 22.8. The quantitative estimate of drug-likeness (QED) is 0.367. The van der Waals surface area contributed by atoms with E-state index in [0.29, 0.717) is 12.3 Å². The molecule has 5 rings (SSSR count). The van der Waals surface area contributed by atoms with Crippen LogP contribution >= 0.6 is 0 Å². The van der Waals surface area contributed by atoms with Gasteiger partial charge in [0.15, 0.2) is 0 Å². The number of aryl methyl sites for hydroxylation is 2. The largest absolute Gasteiger partial charge is 0.478 e. The minimum atomic E-state index is -0.976. The minimum Gasteiger partial charge on any atom is -0.478 e. The topological polar surface area (TPSA) is 91.3 Å². The smallest absolute Gasteiger partial charge is 0.337 e. The lowest BCUT2D eigenvalue weighted by molar-refractivity contribution is -0.00588. The lowest BCUT2D eigenvalue weighted by Crippen LogP contribution is -2.42. The lowest BCUT2D eigenvalue weighted by atomic mass is 9.95. The molecule has 3 heterocycles. The fourth-order valence-corrected chi connectivity index (χ4v) is 4.79. The van der Waals surface area contributed by atoms with E-state index in [9.17, 15) is 9.90 Å². The van der Waals surface area contributed by atoms with Crippen LogP contribution in [0.4, 0.5) is 11.4 Å². The van der Waals surface area contributed by atoms with Gasteiger partial charge in [0.2, 0.25) is 0 Å². The predicted molar refractivity (Wildman–Crippen MR) is 137 cm³/mol. The molecule has 0 saturated carbocycles. The van der Waals surface area contributed by atoms with Gasteiger partial charge < -0.3 is 14.7 Å². The first-order valence-corrected chi connectivity index (χ1v) is 11.8. The molecule has 0 bridgehead atoms. The van der Waals surface area contributed by atoms with Crippen LogP contribution in [0.15, 0.2) is 66.9 Å². The van der Waals surface area contributed by atoms with Gasteiger partial charge >= 0.3 is 5.97 Å². The van der Waals surface area contributed by atoms with Crippen molar-refractivity contribution in [2.45, 2.75) is 32.9 Å². The van der Waals surface area contributed by atoms with Crippen molar-refractivity contribution >= 4 is 34.3 Å². The number of benzene rings is 2. The monoisotopic (exact) mass is 468 g/mol. The number of H-pyrrole nitrogens is 1. The Morgan fingerprint density at radius 3 is 2.86 bits per heavy atom. The Morgan fingerprint density at radius 1 is 1.17 bits per heavy atom. The van der Waals surface area contributed by atoms with Crippen LogP contribution in [0.2, 0.25) is 0 Å². The van der Waals surface area contributed by atoms with Crippen LogP contribution in [-0.4, -0.2) is 39.1 Å². The molecule has 7 heteroatoms. The second kappa shape index (κ2) is 9.72. The second-order valence-electron chi connectivity index (χ2n) is 8.97. The van der Waals surface area contributed by atoms with E-state index in [-0.39, 0.29) is 17.7 Å². The van der Waals surface area contributed by atoms with E-state index in [0.717, 1.165) is 40.8 Å². The molecule has 1 fully saturated rings. The van der Waals surface area contributed by atoms with Gasteiger partial charge in [0, 0.05) is 29.3 Å². The average molecular weight is 469 g/mol. The Balaban J connectivity index is 1.60. The van der Waals surface area contributed by atoms with Gasteiger partial charge in [-0.3, -0.25) is 10.1 Å². The van der Waals surface area contributed by atoms with Gasteiger partial charge in [0.1, 0.15) is 6.23 Å². The number of aromatic nitrogens is 3. The Morgan fingerprint density at radius 2 is 2.03 bits per heavy atom. The summed E-state index contributed by atoms with van der Waals surface area (Å²) in [7, 11) is 0. The van der Waals surface area contributed by atoms with E-state index in [2.05, 4.69) is 40.3 Å². The highest BCUT2D eigenvalue weighted by Gasteiger charge is 2.33. The highest BCUT2D eigenvalue weighted by atomic mass is 16.5. The van der Waals surface area contributed by atoms with Crippen LogP contribution < -0.4 is 4.90 Å². The van der Waals surface area contributed by atoms with Crippen molar-refractivity contribution < 1.29 is 14.6 Å². The average Bonchev–Trinajstić information content (AvgIpc) is 3.31. The number of carboxylic acids is 1. The number of aromatic carboxylic acids is 1. The number of hydrogen-bond acceptors (Lipinski definition) is 5. The van der Waals surface area contributed by atoms with Crippen LogP contribution in [0.5, 0.6) is 0 Å². The van der Waals surface area contributed by atoms with E-state index >= 15 is 0 Å². The number of rotatable bonds is 6. The lowest BCUT2D eigenvalue weighted by Gasteiger charge is -2.40. The van der Waals surface area contributed by atoms with Crippen LogP contribution in [0.1, 0.15) is 40.2 Å². The summed E-state index contributed by atoms with van der Waals surface area (Å²) in [4.78, 5) is 18.8. The summed E-state index contributed by atoms with van der Waals surface area (Å²) in [6.45, 7) is 4.66. The van der Waals surface area contributed by atoms with E-state index in [1.165, 1.54) is 5.56 Å². The molecule has 2 atom stereocenters. The first-order chi connectivity index (χ1) is 17.0. The number of para-hydroxylation sites is 1. The Hall–Kier alpha value is -3.97. The van der Waals surface area contributed by atoms with Crippen LogP contribution in [0.3, 0.4) is 0 Å². The molecule has 0 aliphatic carbocycles. The fraction of sp³-hybridized carbons (Fsp3) is 0.250. The molecule has 0 spiro atoms. The van der Waals surface area contributed by atoms with Gasteiger partial charge in [-0.15, -0.1) is 0 Å². The zero-order valence-electron chi connectivity index (χ0n) is 19.8. The molecular formula is C28H28N4O3. The van der Waals surface area contributed by atoms with Crippen LogP contribution in [-0.2, 0) is 4.74 Å². The van der Waals surface area contributed by atoms with Crippen molar-refractivity contribution in [3.63, 3.8) is 0 Å². The number of aromatic amines is 1. The summed E-state index contributed by atoms with van der Waals surface area (Å²) in [5.41, 5.74) is 5.58. The van der Waals surface area contributed by atoms with Crippen LogP contribution in [0.25, 0.3) is 17.0 Å². The van der Waals surface area contributed by atoms with Crippen molar-refractivity contribution in [1.82, 2.24) is 15.2 Å². The normalized spacial score (nSPS) is 18.2. The number of nitrogens with zero attached hydrogens (tertiary/aromatic N) is 3. The molecule has 35 heavy (non-hydrogen) atoms. The zero-order valence-corrected chi connectivity index (χ0v) is 19.8. The maximum atomic E-state index is 12.2. The Bertz CT molecular complexity index is 1370. The van der Waals surface area contributed by atoms with Crippen molar-refractivity contribution in [1.29, 1.82) is 0 Å². The number of carboxylic acid groups (broad SMARTS) is 1. The van der Waals surface area contributed by atoms with Crippen molar-refractivity contribution in [3.05, 3.63) is 89.4 Å². The third-order valence-electron chi connectivity index (χ3n) is 6.32. The SMILES string of the molecule is Cc1cc(C)nc(C=CC2CCCOC2N(c2ccc3cn[nH]c3c2)c2ccccc2C(=O)O)c1. The van der Waals surface area contributed by atoms with E-state index in [4.69, 9.17) is 4.74 Å². The third-order valence-corrected chi connectivity index (χ3v) is 6.32. The number of hydrogen-bond donors (Lipinski definition) is 2. The van der Waals surface area contributed by atoms with E-state index in [1.54, 1.807) is 18.3 Å². The van der Waals surface area contributed by atoms with Gasteiger partial charge in [0.25, 0.3) is 0 Å². The fourth-order valence-electron chi connectivity index (χ4n) is 4.79. The molecule has 178 valence electrons. The second-order valence-corrected chi connectivity index (χ2v) is 8.97. The van der Waals surface area contributed by atoms with Crippen molar-refractivity contribution in [3.8, 4) is 0 Å². The molecule has 1 aliphatic rings. The number of nitrogens with one attached hydrogen (secondary N) is 1. The first-order valence-electron chi connectivity index (χ1n) is 11.8. The summed E-state index contributed by atoms with van der Waals surface area (Å²) in [5.74, 6) is -0.943. The molecule has 0 radical (unpaired) electrons. The summed E-state index contributed by atoms with van der Waals surface area (Å²) in [5, 5.41) is 18.1. The molecule has 7 nitrogen and oxygen atoms in total. The molecule has 2 aromatic heterocycles. The molecule has 1 aliphatic heterocycles. The molecule has 4 aromatic rings. The van der Waals surface area contributed by atoms with Crippen molar-refractivity contribution in [2.75, 3.05) is 11.5 Å². The van der Waals surface area contributed by atoms with E-state index < -0.39 is 5.97 Å². The summed E-state index contributed by atoms with van der Waals surface area (Å²) < 4.78 is 6.36. The van der Waals surface area contributed by atoms with Crippen LogP contribution in [0, 0.1) is 19.8 Å². The van der Waals surface area contributed by atoms with E-state index in [1.807, 2.05) is 48.2 Å². The molecule has 2 aromatic carbocycles. The number of ether oxygens (including phenoxy) is 1. The van der Waals surface area contributed by atoms with Gasteiger partial charge in [-0.05, 0) is 80.8 Å². The molecule has 2 unspecified atom stereocenters. The minimum absolute atomic E-state index is 0.0330. The summed E-state index contributed by atoms with van der Waals surface area (Å²) in [6, 6.07) is 17.2. The molecule has 0 amide bonds. The molecular weight excluding hydrogens is 440 g/mol. The number of carbonyl (C=O) groups is 1. The molecule has 2 N–H and O–H groups in total. The highest BCUT2D eigenvalue weighted by molar-refractivity contribution is 5.96. The maximum Gasteiger partial charge on any atom is 0.337 e.